The van der Waals surface area contributed by atoms with Crippen LogP contribution in [-0.4, -0.2) is 19.9 Å². The summed E-state index contributed by atoms with van der Waals surface area (Å²) < 4.78 is 0. The van der Waals surface area contributed by atoms with Crippen molar-refractivity contribution in [2.75, 3.05) is 14.1 Å². The Morgan fingerprint density at radius 2 is 2.10 bits per heavy atom. The van der Waals surface area contributed by atoms with Crippen LogP contribution in [-0.2, 0) is 0 Å². The van der Waals surface area contributed by atoms with Crippen LogP contribution in [0.25, 0.3) is 0 Å². The lowest BCUT2D eigenvalue weighted by molar-refractivity contribution is 0.599. The second-order valence-electron chi connectivity index (χ2n) is 2.85. The molecule has 0 aromatic carbocycles. The fourth-order valence-electron chi connectivity index (χ4n) is 0.774. The quantitative estimate of drug-likeness (QED) is 0.470. The molecule has 0 spiro atoms. The SMILES string of the molecule is C/N=C(/CCC(C)C)NC. The molecular formula is C8H18N2. The zero-order chi connectivity index (χ0) is 7.98. The maximum Gasteiger partial charge on any atom is 0.0957 e. The topological polar surface area (TPSA) is 24.4 Å². The van der Waals surface area contributed by atoms with E-state index in [4.69, 9.17) is 0 Å². The first-order valence-corrected chi connectivity index (χ1v) is 3.84. The predicted octanol–water partition coefficient (Wildman–Crippen LogP) is 1.67. The molecule has 0 amide bonds. The van der Waals surface area contributed by atoms with Gasteiger partial charge in [0.2, 0.25) is 0 Å². The third kappa shape index (κ3) is 4.36. The lowest BCUT2D eigenvalue weighted by Gasteiger charge is -2.05. The molecule has 0 aliphatic carbocycles. The molecule has 0 unspecified atom stereocenters. The van der Waals surface area contributed by atoms with E-state index < -0.39 is 0 Å². The van der Waals surface area contributed by atoms with Gasteiger partial charge in [0, 0.05) is 20.5 Å². The summed E-state index contributed by atoms with van der Waals surface area (Å²) in [4.78, 5) is 4.08. The van der Waals surface area contributed by atoms with Crippen molar-refractivity contribution in [1.82, 2.24) is 5.32 Å². The van der Waals surface area contributed by atoms with Crippen molar-refractivity contribution in [1.29, 1.82) is 0 Å². The van der Waals surface area contributed by atoms with Crippen LogP contribution in [0.4, 0.5) is 0 Å². The molecule has 0 heterocycles. The minimum Gasteiger partial charge on any atom is -0.377 e. The van der Waals surface area contributed by atoms with E-state index in [0.29, 0.717) is 0 Å². The molecule has 0 aromatic heterocycles. The lowest BCUT2D eigenvalue weighted by atomic mass is 10.1. The number of amidine groups is 1. The molecule has 0 radical (unpaired) electrons. The summed E-state index contributed by atoms with van der Waals surface area (Å²) in [7, 11) is 3.74. The second kappa shape index (κ2) is 5.27. The Bertz CT molecular complexity index is 106. The average molecular weight is 142 g/mol. The molecule has 0 bridgehead atoms. The summed E-state index contributed by atoms with van der Waals surface area (Å²) in [6.07, 6.45) is 2.29. The first kappa shape index (κ1) is 9.47. The van der Waals surface area contributed by atoms with E-state index in [1.54, 1.807) is 0 Å². The molecule has 0 aromatic rings. The summed E-state index contributed by atoms with van der Waals surface area (Å²) in [6.45, 7) is 4.45. The van der Waals surface area contributed by atoms with Crippen LogP contribution in [0.3, 0.4) is 0 Å². The maximum atomic E-state index is 4.08. The molecular weight excluding hydrogens is 124 g/mol. The Labute approximate surface area is 63.7 Å². The number of nitrogens with zero attached hydrogens (tertiary/aromatic N) is 1. The monoisotopic (exact) mass is 142 g/mol. The standard InChI is InChI=1S/C8H18N2/c1-7(2)5-6-8(9-3)10-4/h7H,5-6H2,1-4H3,(H,9,10). The first-order chi connectivity index (χ1) is 4.70. The van der Waals surface area contributed by atoms with Crippen LogP contribution in [0.5, 0.6) is 0 Å². The maximum absolute atomic E-state index is 4.08. The molecule has 60 valence electrons. The zero-order valence-electron chi connectivity index (χ0n) is 7.44. The molecule has 0 aliphatic rings. The highest BCUT2D eigenvalue weighted by Gasteiger charge is 1.96. The van der Waals surface area contributed by atoms with Crippen LogP contribution in [0, 0.1) is 5.92 Å². The number of rotatable bonds is 3. The van der Waals surface area contributed by atoms with Crippen molar-refractivity contribution < 1.29 is 0 Å². The largest absolute Gasteiger partial charge is 0.377 e. The van der Waals surface area contributed by atoms with E-state index in [0.717, 1.165) is 18.2 Å². The zero-order valence-corrected chi connectivity index (χ0v) is 7.44. The van der Waals surface area contributed by atoms with Gasteiger partial charge in [0.25, 0.3) is 0 Å². The highest BCUT2D eigenvalue weighted by Crippen LogP contribution is 2.02. The van der Waals surface area contributed by atoms with Crippen molar-refractivity contribution >= 4 is 5.84 Å². The first-order valence-electron chi connectivity index (χ1n) is 3.84. The Kier molecular flexibility index (Phi) is 4.99. The molecule has 0 fully saturated rings. The Morgan fingerprint density at radius 1 is 1.50 bits per heavy atom. The van der Waals surface area contributed by atoms with Gasteiger partial charge in [-0.1, -0.05) is 13.8 Å². The van der Waals surface area contributed by atoms with Crippen molar-refractivity contribution in [2.45, 2.75) is 26.7 Å². The second-order valence-corrected chi connectivity index (χ2v) is 2.85. The van der Waals surface area contributed by atoms with E-state index >= 15 is 0 Å². The normalized spacial score (nSPS) is 12.3. The van der Waals surface area contributed by atoms with Crippen LogP contribution in [0.1, 0.15) is 26.7 Å². The molecule has 1 N–H and O–H groups in total. The molecule has 0 saturated carbocycles. The molecule has 0 rings (SSSR count). The van der Waals surface area contributed by atoms with Crippen LogP contribution < -0.4 is 5.32 Å². The van der Waals surface area contributed by atoms with Crippen molar-refractivity contribution in [2.24, 2.45) is 10.9 Å². The lowest BCUT2D eigenvalue weighted by Crippen LogP contribution is -2.18. The van der Waals surface area contributed by atoms with Gasteiger partial charge in [-0.15, -0.1) is 0 Å². The van der Waals surface area contributed by atoms with E-state index in [1.165, 1.54) is 6.42 Å². The highest BCUT2D eigenvalue weighted by atomic mass is 14.9. The number of aliphatic imine (C=N–C) groups is 1. The molecule has 0 aliphatic heterocycles. The summed E-state index contributed by atoms with van der Waals surface area (Å²) in [6, 6.07) is 0. The molecule has 0 atom stereocenters. The Balaban J connectivity index is 3.46. The van der Waals surface area contributed by atoms with Gasteiger partial charge in [-0.05, 0) is 12.3 Å². The summed E-state index contributed by atoms with van der Waals surface area (Å²) in [5, 5.41) is 3.06. The Hall–Kier alpha value is -0.530. The fourth-order valence-corrected chi connectivity index (χ4v) is 0.774. The number of nitrogens with one attached hydrogen (secondary N) is 1. The van der Waals surface area contributed by atoms with Gasteiger partial charge in [0.1, 0.15) is 0 Å². The summed E-state index contributed by atoms with van der Waals surface area (Å²) in [5.74, 6) is 1.87. The van der Waals surface area contributed by atoms with Gasteiger partial charge < -0.3 is 5.32 Å². The van der Waals surface area contributed by atoms with Crippen molar-refractivity contribution in [3.63, 3.8) is 0 Å². The van der Waals surface area contributed by atoms with E-state index in [2.05, 4.69) is 24.2 Å². The van der Waals surface area contributed by atoms with E-state index in [9.17, 15) is 0 Å². The third-order valence-corrected chi connectivity index (χ3v) is 1.52. The van der Waals surface area contributed by atoms with Crippen LogP contribution in [0.2, 0.25) is 0 Å². The van der Waals surface area contributed by atoms with Crippen molar-refractivity contribution in [3.8, 4) is 0 Å². The average Bonchev–Trinajstić information content (AvgIpc) is 1.90. The molecule has 0 saturated heterocycles. The van der Waals surface area contributed by atoms with E-state index in [1.807, 2.05) is 14.1 Å². The van der Waals surface area contributed by atoms with Gasteiger partial charge in [0.05, 0.1) is 5.84 Å². The van der Waals surface area contributed by atoms with Crippen LogP contribution in [0.15, 0.2) is 4.99 Å². The van der Waals surface area contributed by atoms with E-state index in [-0.39, 0.29) is 0 Å². The van der Waals surface area contributed by atoms with Crippen molar-refractivity contribution in [3.05, 3.63) is 0 Å². The van der Waals surface area contributed by atoms with Crippen LogP contribution >= 0.6 is 0 Å². The van der Waals surface area contributed by atoms with Gasteiger partial charge in [-0.3, -0.25) is 4.99 Å². The third-order valence-electron chi connectivity index (χ3n) is 1.52. The highest BCUT2D eigenvalue weighted by molar-refractivity contribution is 5.81. The smallest absolute Gasteiger partial charge is 0.0957 e. The minimum absolute atomic E-state index is 0.769. The summed E-state index contributed by atoms with van der Waals surface area (Å²) in [5.41, 5.74) is 0. The number of hydrogen-bond acceptors (Lipinski definition) is 1. The molecule has 2 nitrogen and oxygen atoms in total. The minimum atomic E-state index is 0.769. The molecule has 10 heavy (non-hydrogen) atoms. The predicted molar refractivity (Wildman–Crippen MR) is 46.5 cm³/mol. The van der Waals surface area contributed by atoms with Gasteiger partial charge in [-0.2, -0.15) is 0 Å². The van der Waals surface area contributed by atoms with Gasteiger partial charge in [-0.25, -0.2) is 0 Å². The van der Waals surface area contributed by atoms with Gasteiger partial charge >= 0.3 is 0 Å². The van der Waals surface area contributed by atoms with Gasteiger partial charge in [0.15, 0.2) is 0 Å². The molecule has 2 heteroatoms. The summed E-state index contributed by atoms with van der Waals surface area (Å²) >= 11 is 0. The number of hydrogen-bond donors (Lipinski definition) is 1. The Morgan fingerprint density at radius 3 is 2.40 bits per heavy atom. The fraction of sp³-hybridized carbons (Fsp3) is 0.875.